The molecule has 0 radical (unpaired) electrons. The number of aromatic nitrogens is 2. The molecule has 0 saturated carbocycles. The summed E-state index contributed by atoms with van der Waals surface area (Å²) in [6, 6.07) is 1.88. The fraction of sp³-hybridized carbons (Fsp3) is 0.375. The molecule has 3 rings (SSSR count). The molecule has 1 N–H and O–H groups in total. The van der Waals surface area contributed by atoms with Gasteiger partial charge in [-0.2, -0.15) is 0 Å². The van der Waals surface area contributed by atoms with Crippen LogP contribution in [0.15, 0.2) is 29.8 Å². The highest BCUT2D eigenvalue weighted by molar-refractivity contribution is 5.79. The Balaban J connectivity index is 2.05. The number of nitrogens with zero attached hydrogens (tertiary/aromatic N) is 2. The summed E-state index contributed by atoms with van der Waals surface area (Å²) in [4.78, 5) is 22.2. The van der Waals surface area contributed by atoms with E-state index < -0.39 is 0 Å². The van der Waals surface area contributed by atoms with Crippen molar-refractivity contribution < 1.29 is 0 Å². The van der Waals surface area contributed by atoms with Gasteiger partial charge in [-0.15, -0.1) is 0 Å². The summed E-state index contributed by atoms with van der Waals surface area (Å²) in [6.45, 7) is 8.04. The van der Waals surface area contributed by atoms with Crippen molar-refractivity contribution in [3.63, 3.8) is 0 Å². The molecule has 0 spiro atoms. The van der Waals surface area contributed by atoms with Crippen LogP contribution >= 0.6 is 0 Å². The van der Waals surface area contributed by atoms with Gasteiger partial charge in [-0.1, -0.05) is 6.58 Å². The van der Waals surface area contributed by atoms with E-state index in [0.717, 1.165) is 24.4 Å². The first-order valence-corrected chi connectivity index (χ1v) is 7.09. The van der Waals surface area contributed by atoms with Gasteiger partial charge >= 0.3 is 0 Å². The van der Waals surface area contributed by atoms with E-state index in [1.807, 2.05) is 13.0 Å². The first-order valence-electron chi connectivity index (χ1n) is 7.09. The van der Waals surface area contributed by atoms with Gasteiger partial charge in [0.05, 0.1) is 10.9 Å². The first kappa shape index (κ1) is 12.9. The molecule has 104 valence electrons. The minimum atomic E-state index is 0.0190. The van der Waals surface area contributed by atoms with Gasteiger partial charge in [0.15, 0.2) is 5.43 Å². The number of H-pyrrole nitrogens is 1. The average Bonchev–Trinajstić information content (AvgIpc) is 2.48. The van der Waals surface area contributed by atoms with Gasteiger partial charge in [0, 0.05) is 31.2 Å². The van der Waals surface area contributed by atoms with E-state index in [4.69, 9.17) is 0 Å². The Kier molecular flexibility index (Phi) is 3.30. The topological polar surface area (TPSA) is 49.0 Å². The minimum Gasteiger partial charge on any atom is -0.371 e. The quantitative estimate of drug-likeness (QED) is 0.912. The summed E-state index contributed by atoms with van der Waals surface area (Å²) >= 11 is 0. The average molecular weight is 269 g/mol. The number of piperidine rings is 1. The zero-order valence-corrected chi connectivity index (χ0v) is 11.8. The monoisotopic (exact) mass is 269 g/mol. The Hall–Kier alpha value is -2.10. The molecular weight excluding hydrogens is 250 g/mol. The molecule has 3 heterocycles. The zero-order valence-electron chi connectivity index (χ0n) is 11.8. The van der Waals surface area contributed by atoms with Gasteiger partial charge in [0.2, 0.25) is 0 Å². The third kappa shape index (κ3) is 2.22. The molecule has 0 bridgehead atoms. The predicted octanol–water partition coefficient (Wildman–Crippen LogP) is 2.69. The van der Waals surface area contributed by atoms with Crippen LogP contribution in [0.3, 0.4) is 0 Å². The van der Waals surface area contributed by atoms with Crippen molar-refractivity contribution in [1.29, 1.82) is 0 Å². The van der Waals surface area contributed by atoms with E-state index in [2.05, 4.69) is 21.4 Å². The molecule has 0 atom stereocenters. The smallest absolute Gasteiger partial charge is 0.200 e. The van der Waals surface area contributed by atoms with Gasteiger partial charge in [0.1, 0.15) is 5.65 Å². The molecule has 2 aromatic rings. The number of hydrogen-bond acceptors (Lipinski definition) is 3. The maximum Gasteiger partial charge on any atom is 0.200 e. The van der Waals surface area contributed by atoms with E-state index >= 15 is 0 Å². The Morgan fingerprint density at radius 1 is 1.35 bits per heavy atom. The molecule has 4 heteroatoms. The van der Waals surface area contributed by atoms with Crippen LogP contribution in [0.5, 0.6) is 0 Å². The Bertz CT molecular complexity index is 711. The van der Waals surface area contributed by atoms with Gasteiger partial charge < -0.3 is 9.88 Å². The molecule has 0 aliphatic carbocycles. The Morgan fingerprint density at radius 3 is 2.85 bits per heavy atom. The summed E-state index contributed by atoms with van der Waals surface area (Å²) in [6.07, 6.45) is 7.11. The van der Waals surface area contributed by atoms with Crippen molar-refractivity contribution in [2.45, 2.75) is 26.2 Å². The van der Waals surface area contributed by atoms with Gasteiger partial charge in [-0.05, 0) is 37.8 Å². The molecule has 4 nitrogen and oxygen atoms in total. The largest absolute Gasteiger partial charge is 0.371 e. The highest BCUT2D eigenvalue weighted by atomic mass is 16.1. The van der Waals surface area contributed by atoms with Crippen LogP contribution in [0.1, 0.15) is 30.4 Å². The van der Waals surface area contributed by atoms with Crippen molar-refractivity contribution in [2.24, 2.45) is 0 Å². The number of aromatic amines is 1. The lowest BCUT2D eigenvalue weighted by Gasteiger charge is -2.30. The second-order valence-electron chi connectivity index (χ2n) is 5.43. The standard InChI is InChI=1S/C16H19N3O/c1-11-8-13-15(20)14(10-18-16(13)17-9-11)12(2)19-6-4-3-5-7-19/h8-10H,2-7H2,1H3,(H,17,18,20). The SMILES string of the molecule is C=C(c1c[nH]c2ncc(C)cc2c1=O)N1CCCCC1. The normalized spacial score (nSPS) is 15.6. The number of fused-ring (bicyclic) bond motifs is 1. The lowest BCUT2D eigenvalue weighted by molar-refractivity contribution is 0.326. The van der Waals surface area contributed by atoms with Crippen molar-refractivity contribution in [2.75, 3.05) is 13.1 Å². The van der Waals surface area contributed by atoms with Crippen LogP contribution in [0.25, 0.3) is 16.7 Å². The van der Waals surface area contributed by atoms with Crippen molar-refractivity contribution in [1.82, 2.24) is 14.9 Å². The molecule has 1 aliphatic rings. The number of aryl methyl sites for hydroxylation is 1. The van der Waals surface area contributed by atoms with Gasteiger partial charge in [-0.3, -0.25) is 4.79 Å². The summed E-state index contributed by atoms with van der Waals surface area (Å²) in [5, 5.41) is 0.639. The fourth-order valence-corrected chi connectivity index (χ4v) is 2.76. The predicted molar refractivity (Wildman–Crippen MR) is 81.6 cm³/mol. The first-order chi connectivity index (χ1) is 9.66. The van der Waals surface area contributed by atoms with Crippen LogP contribution in [-0.4, -0.2) is 28.0 Å². The summed E-state index contributed by atoms with van der Waals surface area (Å²) in [5.41, 5.74) is 3.13. The van der Waals surface area contributed by atoms with Gasteiger partial charge in [-0.25, -0.2) is 4.98 Å². The van der Waals surface area contributed by atoms with Crippen molar-refractivity contribution in [3.05, 3.63) is 46.4 Å². The molecular formula is C16H19N3O. The lowest BCUT2D eigenvalue weighted by Crippen LogP contribution is -2.30. The Labute approximate surface area is 118 Å². The number of pyridine rings is 2. The summed E-state index contributed by atoms with van der Waals surface area (Å²) in [7, 11) is 0. The lowest BCUT2D eigenvalue weighted by atomic mass is 10.1. The highest BCUT2D eigenvalue weighted by Gasteiger charge is 2.16. The molecule has 1 saturated heterocycles. The van der Waals surface area contributed by atoms with Crippen molar-refractivity contribution >= 4 is 16.7 Å². The highest BCUT2D eigenvalue weighted by Crippen LogP contribution is 2.20. The zero-order chi connectivity index (χ0) is 14.1. The number of rotatable bonds is 2. The van der Waals surface area contributed by atoms with Crippen LogP contribution in [0.4, 0.5) is 0 Å². The number of hydrogen-bond donors (Lipinski definition) is 1. The molecule has 1 aliphatic heterocycles. The maximum absolute atomic E-state index is 12.6. The van der Waals surface area contributed by atoms with Crippen LogP contribution in [0.2, 0.25) is 0 Å². The van der Waals surface area contributed by atoms with Crippen molar-refractivity contribution in [3.8, 4) is 0 Å². The van der Waals surface area contributed by atoms with E-state index in [1.165, 1.54) is 19.3 Å². The van der Waals surface area contributed by atoms with E-state index in [9.17, 15) is 4.79 Å². The van der Waals surface area contributed by atoms with E-state index in [0.29, 0.717) is 16.6 Å². The maximum atomic E-state index is 12.6. The molecule has 2 aromatic heterocycles. The van der Waals surface area contributed by atoms with Crippen LogP contribution in [-0.2, 0) is 0 Å². The van der Waals surface area contributed by atoms with E-state index in [1.54, 1.807) is 12.4 Å². The Morgan fingerprint density at radius 2 is 2.10 bits per heavy atom. The minimum absolute atomic E-state index is 0.0190. The molecule has 0 aromatic carbocycles. The molecule has 1 fully saturated rings. The van der Waals surface area contributed by atoms with Gasteiger partial charge in [0.25, 0.3) is 0 Å². The van der Waals surface area contributed by atoms with Crippen LogP contribution < -0.4 is 5.43 Å². The third-order valence-electron chi connectivity index (χ3n) is 3.92. The molecule has 0 amide bonds. The fourth-order valence-electron chi connectivity index (χ4n) is 2.76. The second-order valence-corrected chi connectivity index (χ2v) is 5.43. The number of likely N-dealkylation sites (tertiary alicyclic amines) is 1. The number of nitrogens with one attached hydrogen (secondary N) is 1. The van der Waals surface area contributed by atoms with E-state index in [-0.39, 0.29) is 5.43 Å². The van der Waals surface area contributed by atoms with Crippen LogP contribution in [0, 0.1) is 6.92 Å². The molecule has 20 heavy (non-hydrogen) atoms. The molecule has 0 unspecified atom stereocenters. The second kappa shape index (κ2) is 5.12. The third-order valence-corrected chi connectivity index (χ3v) is 3.92. The summed E-state index contributed by atoms with van der Waals surface area (Å²) in [5.74, 6) is 0. The summed E-state index contributed by atoms with van der Waals surface area (Å²) < 4.78 is 0.